The van der Waals surface area contributed by atoms with Crippen molar-refractivity contribution in [2.45, 2.75) is 0 Å². The van der Waals surface area contributed by atoms with Gasteiger partial charge in [-0.25, -0.2) is 0 Å². The summed E-state index contributed by atoms with van der Waals surface area (Å²) in [5.74, 6) is 0.557. The summed E-state index contributed by atoms with van der Waals surface area (Å²) >= 11 is 0. The Balaban J connectivity index is 2.29. The first kappa shape index (κ1) is 11.7. The Morgan fingerprint density at radius 3 is 2.71 bits per heavy atom. The Morgan fingerprint density at radius 1 is 1.41 bits per heavy atom. The molecule has 1 aliphatic heterocycles. The van der Waals surface area contributed by atoms with Crippen molar-refractivity contribution in [3.63, 3.8) is 0 Å². The van der Waals surface area contributed by atoms with E-state index in [1.807, 2.05) is 0 Å². The zero-order chi connectivity index (χ0) is 12.3. The average Bonchev–Trinajstić information content (AvgIpc) is 2.39. The predicted molar refractivity (Wildman–Crippen MR) is 64.7 cm³/mol. The lowest BCUT2D eigenvalue weighted by molar-refractivity contribution is -0.384. The largest absolute Gasteiger partial charge is 0.494 e. The number of hydrogen-bond donors (Lipinski definition) is 1. The van der Waals surface area contributed by atoms with Gasteiger partial charge in [-0.3, -0.25) is 10.1 Å². The molecule has 0 saturated carbocycles. The van der Waals surface area contributed by atoms with Gasteiger partial charge in [-0.15, -0.1) is 0 Å². The maximum absolute atomic E-state index is 10.7. The van der Waals surface area contributed by atoms with E-state index >= 15 is 0 Å². The average molecular weight is 237 g/mol. The van der Waals surface area contributed by atoms with Crippen LogP contribution in [0.3, 0.4) is 0 Å². The fourth-order valence-corrected chi connectivity index (χ4v) is 1.95. The van der Waals surface area contributed by atoms with E-state index in [2.05, 4.69) is 10.2 Å². The third kappa shape index (κ3) is 2.47. The molecule has 0 aromatic heterocycles. The number of nitrogens with zero attached hydrogens (tertiary/aromatic N) is 2. The lowest BCUT2D eigenvalue weighted by atomic mass is 10.2. The minimum atomic E-state index is -0.413. The van der Waals surface area contributed by atoms with Gasteiger partial charge in [0.05, 0.1) is 23.8 Å². The Morgan fingerprint density at radius 2 is 2.12 bits per heavy atom. The van der Waals surface area contributed by atoms with E-state index in [1.54, 1.807) is 6.07 Å². The van der Waals surface area contributed by atoms with Gasteiger partial charge in [0.15, 0.2) is 0 Å². The molecule has 1 N–H and O–H groups in total. The molecule has 0 spiro atoms. The molecule has 0 aliphatic carbocycles. The molecule has 0 unspecified atom stereocenters. The summed E-state index contributed by atoms with van der Waals surface area (Å²) in [6, 6.07) is 4.74. The maximum atomic E-state index is 10.7. The molecule has 1 heterocycles. The van der Waals surface area contributed by atoms with Crippen LogP contribution in [0.1, 0.15) is 0 Å². The number of benzene rings is 1. The monoisotopic (exact) mass is 237 g/mol. The van der Waals surface area contributed by atoms with Gasteiger partial charge in [-0.1, -0.05) is 0 Å². The molecule has 2 rings (SSSR count). The molecular weight excluding hydrogens is 222 g/mol. The smallest absolute Gasteiger partial charge is 0.273 e. The van der Waals surface area contributed by atoms with Gasteiger partial charge in [0.1, 0.15) is 5.75 Å². The third-order valence-electron chi connectivity index (χ3n) is 2.83. The number of ether oxygens (including phenoxy) is 1. The van der Waals surface area contributed by atoms with Crippen molar-refractivity contribution < 1.29 is 9.66 Å². The van der Waals surface area contributed by atoms with Crippen LogP contribution in [0.4, 0.5) is 11.4 Å². The molecule has 0 amide bonds. The summed E-state index contributed by atoms with van der Waals surface area (Å²) in [6.45, 7) is 3.60. The number of nitrogens with one attached hydrogen (secondary N) is 1. The van der Waals surface area contributed by atoms with Crippen molar-refractivity contribution in [3.8, 4) is 5.75 Å². The van der Waals surface area contributed by atoms with Crippen molar-refractivity contribution in [2.75, 3.05) is 38.2 Å². The van der Waals surface area contributed by atoms with Gasteiger partial charge >= 0.3 is 0 Å². The minimum Gasteiger partial charge on any atom is -0.494 e. The van der Waals surface area contributed by atoms with Crippen molar-refractivity contribution in [2.24, 2.45) is 0 Å². The molecule has 1 aromatic carbocycles. The second-order valence-electron chi connectivity index (χ2n) is 3.85. The molecule has 92 valence electrons. The van der Waals surface area contributed by atoms with Gasteiger partial charge in [0, 0.05) is 32.2 Å². The second kappa shape index (κ2) is 5.01. The summed E-state index contributed by atoms with van der Waals surface area (Å²) in [4.78, 5) is 12.4. The Hall–Kier alpha value is -1.82. The summed E-state index contributed by atoms with van der Waals surface area (Å²) in [7, 11) is 1.53. The quantitative estimate of drug-likeness (QED) is 0.627. The lowest BCUT2D eigenvalue weighted by Gasteiger charge is -2.30. The number of nitro benzene ring substituents is 1. The summed E-state index contributed by atoms with van der Waals surface area (Å²) < 4.78 is 5.22. The molecule has 0 bridgehead atoms. The molecule has 0 atom stereocenters. The second-order valence-corrected chi connectivity index (χ2v) is 3.85. The third-order valence-corrected chi connectivity index (χ3v) is 2.83. The normalized spacial score (nSPS) is 15.7. The van der Waals surface area contributed by atoms with Crippen LogP contribution in [0.5, 0.6) is 5.75 Å². The Kier molecular flexibility index (Phi) is 3.43. The van der Waals surface area contributed by atoms with Crippen LogP contribution in [-0.2, 0) is 0 Å². The molecule has 1 saturated heterocycles. The summed E-state index contributed by atoms with van der Waals surface area (Å²) in [5, 5.41) is 13.9. The number of anilines is 1. The molecule has 6 heteroatoms. The standard InChI is InChI=1S/C11H15N3O3/c1-17-11-8-9(14(15)16)2-3-10(11)13-6-4-12-5-7-13/h2-3,8,12H,4-7H2,1H3. The molecule has 1 aliphatic rings. The van der Waals surface area contributed by atoms with Crippen LogP contribution >= 0.6 is 0 Å². The Bertz CT molecular complexity index is 416. The van der Waals surface area contributed by atoms with Gasteiger partial charge in [-0.2, -0.15) is 0 Å². The van der Waals surface area contributed by atoms with Crippen molar-refractivity contribution in [1.29, 1.82) is 0 Å². The van der Waals surface area contributed by atoms with E-state index < -0.39 is 4.92 Å². The van der Waals surface area contributed by atoms with Crippen LogP contribution in [0.15, 0.2) is 18.2 Å². The lowest BCUT2D eigenvalue weighted by Crippen LogP contribution is -2.43. The highest BCUT2D eigenvalue weighted by Crippen LogP contribution is 2.32. The molecule has 17 heavy (non-hydrogen) atoms. The summed E-state index contributed by atoms with van der Waals surface area (Å²) in [5.41, 5.74) is 0.973. The van der Waals surface area contributed by atoms with Gasteiger partial charge in [0.25, 0.3) is 5.69 Å². The first-order chi connectivity index (χ1) is 8.22. The number of methoxy groups -OCH3 is 1. The zero-order valence-electron chi connectivity index (χ0n) is 9.68. The van der Waals surface area contributed by atoms with E-state index in [0.717, 1.165) is 31.9 Å². The van der Waals surface area contributed by atoms with Crippen molar-refractivity contribution in [3.05, 3.63) is 28.3 Å². The predicted octanol–water partition coefficient (Wildman–Crippen LogP) is 1.01. The van der Waals surface area contributed by atoms with Crippen LogP contribution in [0.25, 0.3) is 0 Å². The van der Waals surface area contributed by atoms with Crippen molar-refractivity contribution >= 4 is 11.4 Å². The number of rotatable bonds is 3. The van der Waals surface area contributed by atoms with Crippen molar-refractivity contribution in [1.82, 2.24) is 5.32 Å². The minimum absolute atomic E-state index is 0.0562. The molecule has 1 fully saturated rings. The summed E-state index contributed by atoms with van der Waals surface area (Å²) in [6.07, 6.45) is 0. The molecule has 0 radical (unpaired) electrons. The first-order valence-electron chi connectivity index (χ1n) is 5.50. The topological polar surface area (TPSA) is 67.6 Å². The number of non-ortho nitro benzene ring substituents is 1. The van der Waals surface area contributed by atoms with E-state index in [1.165, 1.54) is 19.2 Å². The SMILES string of the molecule is COc1cc([N+](=O)[O-])ccc1N1CCNCC1. The number of hydrogen-bond acceptors (Lipinski definition) is 5. The number of nitro groups is 1. The molecule has 1 aromatic rings. The van der Waals surface area contributed by atoms with Crippen LogP contribution in [-0.4, -0.2) is 38.2 Å². The number of piperazine rings is 1. The van der Waals surface area contributed by atoms with Gasteiger partial charge in [-0.05, 0) is 6.07 Å². The zero-order valence-corrected chi connectivity index (χ0v) is 9.68. The van der Waals surface area contributed by atoms with Gasteiger partial charge < -0.3 is 15.0 Å². The Labute approximate surface area is 99.3 Å². The van der Waals surface area contributed by atoms with Crippen LogP contribution in [0, 0.1) is 10.1 Å². The van der Waals surface area contributed by atoms with E-state index in [-0.39, 0.29) is 5.69 Å². The highest BCUT2D eigenvalue weighted by molar-refractivity contribution is 5.62. The van der Waals surface area contributed by atoms with E-state index in [4.69, 9.17) is 4.74 Å². The fourth-order valence-electron chi connectivity index (χ4n) is 1.95. The van der Waals surface area contributed by atoms with Crippen LogP contribution < -0.4 is 15.0 Å². The highest BCUT2D eigenvalue weighted by Gasteiger charge is 2.17. The first-order valence-corrected chi connectivity index (χ1v) is 5.50. The maximum Gasteiger partial charge on any atom is 0.273 e. The van der Waals surface area contributed by atoms with E-state index in [0.29, 0.717) is 5.75 Å². The highest BCUT2D eigenvalue weighted by atomic mass is 16.6. The molecular formula is C11H15N3O3. The van der Waals surface area contributed by atoms with Gasteiger partial charge in [0.2, 0.25) is 0 Å². The van der Waals surface area contributed by atoms with E-state index in [9.17, 15) is 10.1 Å². The van der Waals surface area contributed by atoms with Crippen LogP contribution in [0.2, 0.25) is 0 Å². The molecule has 6 nitrogen and oxygen atoms in total. The fraction of sp³-hybridized carbons (Fsp3) is 0.455.